The molecule has 0 spiro atoms. The van der Waals surface area contributed by atoms with Gasteiger partial charge >= 0.3 is 17.9 Å². The molecule has 0 radical (unpaired) electrons. The van der Waals surface area contributed by atoms with Gasteiger partial charge in [-0.3, -0.25) is 14.4 Å². The van der Waals surface area contributed by atoms with E-state index in [9.17, 15) is 14.4 Å². The highest BCUT2D eigenvalue weighted by molar-refractivity contribution is 5.71. The first-order chi connectivity index (χ1) is 33.0. The second kappa shape index (κ2) is 54.2. The number of ether oxygens (including phenoxy) is 3. The topological polar surface area (TPSA) is 78.9 Å². The van der Waals surface area contributed by atoms with E-state index in [1.807, 2.05) is 0 Å². The van der Waals surface area contributed by atoms with E-state index in [0.717, 1.165) is 141 Å². The molecule has 0 amide bonds. The zero-order valence-corrected chi connectivity index (χ0v) is 42.9. The zero-order valence-electron chi connectivity index (χ0n) is 42.9. The fourth-order valence-electron chi connectivity index (χ4n) is 6.73. The molecule has 0 rings (SSSR count). The molecule has 6 heteroatoms. The molecular formula is C61H96O6. The smallest absolute Gasteiger partial charge is 0.306 e. The fraction of sp³-hybridized carbons (Fsp3) is 0.590. The van der Waals surface area contributed by atoms with Crippen molar-refractivity contribution in [3.8, 4) is 0 Å². The van der Waals surface area contributed by atoms with Crippen LogP contribution in [0.4, 0.5) is 0 Å². The van der Waals surface area contributed by atoms with Gasteiger partial charge in [-0.1, -0.05) is 199 Å². The van der Waals surface area contributed by atoms with Gasteiger partial charge in [0.05, 0.1) is 0 Å². The SMILES string of the molecule is CC/C=C\C/C=C\C/C=C\C/C=C\C/C=C\CCCCCC(=O)OCC(COC(=O)CCCCCCCCC/C=C\C/C=C\CC)OC(=O)CCCCC/C=C\C/C=C\C/C=C\C/C=C\CC. The monoisotopic (exact) mass is 925 g/mol. The van der Waals surface area contributed by atoms with Crippen LogP contribution >= 0.6 is 0 Å². The number of unbranched alkanes of at least 4 members (excludes halogenated alkanes) is 13. The van der Waals surface area contributed by atoms with Crippen LogP contribution in [0.1, 0.15) is 213 Å². The van der Waals surface area contributed by atoms with Crippen LogP contribution in [0.25, 0.3) is 0 Å². The van der Waals surface area contributed by atoms with Crippen LogP contribution in [0.2, 0.25) is 0 Å². The zero-order chi connectivity index (χ0) is 48.6. The Morgan fingerprint density at radius 1 is 0.299 bits per heavy atom. The van der Waals surface area contributed by atoms with Crippen molar-refractivity contribution < 1.29 is 28.6 Å². The number of hydrogen-bond donors (Lipinski definition) is 0. The standard InChI is InChI=1S/C61H96O6/c1-4-7-10-13-16-19-22-25-28-30-31-32-34-36-39-42-45-48-51-54-60(63)66-57-58(56-65-59(62)53-50-47-44-41-38-35-27-24-21-18-15-12-9-6-3)67-61(64)55-52-49-46-43-40-37-33-29-26-23-20-17-14-11-8-5-2/h7-12,16-21,25-26,28-29,31-32,36-37,39-40,58H,4-6,13-15,22-24,27,30,33-35,38,41-57H2,1-3H3/b10-7-,11-8-,12-9-,19-16-,20-17-,21-18-,28-25-,29-26-,32-31-,39-36-,40-37-. The Morgan fingerprint density at radius 2 is 0.537 bits per heavy atom. The van der Waals surface area contributed by atoms with Gasteiger partial charge in [0, 0.05) is 19.3 Å². The summed E-state index contributed by atoms with van der Waals surface area (Å²) in [4.78, 5) is 38.1. The van der Waals surface area contributed by atoms with Gasteiger partial charge < -0.3 is 14.2 Å². The molecule has 0 aliphatic heterocycles. The average molecular weight is 925 g/mol. The van der Waals surface area contributed by atoms with E-state index in [4.69, 9.17) is 14.2 Å². The maximum Gasteiger partial charge on any atom is 0.306 e. The molecular weight excluding hydrogens is 829 g/mol. The van der Waals surface area contributed by atoms with Crippen molar-refractivity contribution in [3.63, 3.8) is 0 Å². The first-order valence-electron chi connectivity index (χ1n) is 26.7. The number of esters is 3. The molecule has 0 aromatic carbocycles. The first kappa shape index (κ1) is 62.5. The predicted octanol–water partition coefficient (Wildman–Crippen LogP) is 17.9. The maximum atomic E-state index is 12.8. The van der Waals surface area contributed by atoms with E-state index in [1.54, 1.807) is 0 Å². The molecule has 376 valence electrons. The van der Waals surface area contributed by atoms with Gasteiger partial charge in [-0.25, -0.2) is 0 Å². The van der Waals surface area contributed by atoms with E-state index in [0.29, 0.717) is 19.3 Å². The van der Waals surface area contributed by atoms with Crippen molar-refractivity contribution in [3.05, 3.63) is 134 Å². The molecule has 0 saturated heterocycles. The highest BCUT2D eigenvalue weighted by atomic mass is 16.6. The van der Waals surface area contributed by atoms with Gasteiger partial charge in [-0.2, -0.15) is 0 Å². The maximum absolute atomic E-state index is 12.8. The second-order valence-electron chi connectivity index (χ2n) is 17.0. The normalized spacial score (nSPS) is 13.2. The molecule has 0 aromatic rings. The van der Waals surface area contributed by atoms with Crippen LogP contribution in [0, 0.1) is 0 Å². The van der Waals surface area contributed by atoms with Crippen LogP contribution in [-0.2, 0) is 28.6 Å². The minimum Gasteiger partial charge on any atom is -0.462 e. The molecule has 1 atom stereocenters. The summed E-state index contributed by atoms with van der Waals surface area (Å²) in [7, 11) is 0. The number of carbonyl (C=O) groups is 3. The Labute approximate surface area is 411 Å². The summed E-state index contributed by atoms with van der Waals surface area (Å²) >= 11 is 0. The minimum absolute atomic E-state index is 0.111. The van der Waals surface area contributed by atoms with Crippen molar-refractivity contribution in [1.29, 1.82) is 0 Å². The second-order valence-corrected chi connectivity index (χ2v) is 17.0. The fourth-order valence-corrected chi connectivity index (χ4v) is 6.73. The van der Waals surface area contributed by atoms with Crippen LogP contribution in [0.3, 0.4) is 0 Å². The van der Waals surface area contributed by atoms with Crippen LogP contribution in [-0.4, -0.2) is 37.2 Å². The largest absolute Gasteiger partial charge is 0.462 e. The molecule has 6 nitrogen and oxygen atoms in total. The summed E-state index contributed by atoms with van der Waals surface area (Å²) in [5, 5.41) is 0. The summed E-state index contributed by atoms with van der Waals surface area (Å²) < 4.78 is 16.8. The van der Waals surface area contributed by atoms with Crippen molar-refractivity contribution in [1.82, 2.24) is 0 Å². The molecule has 0 fully saturated rings. The Hall–Kier alpha value is -4.45. The van der Waals surface area contributed by atoms with Gasteiger partial charge in [-0.15, -0.1) is 0 Å². The van der Waals surface area contributed by atoms with E-state index in [2.05, 4.69) is 154 Å². The average Bonchev–Trinajstić information content (AvgIpc) is 3.33. The van der Waals surface area contributed by atoms with Crippen LogP contribution in [0.15, 0.2) is 134 Å². The lowest BCUT2D eigenvalue weighted by Crippen LogP contribution is -2.30. The summed E-state index contributed by atoms with van der Waals surface area (Å²) in [6, 6.07) is 0. The molecule has 0 saturated carbocycles. The van der Waals surface area contributed by atoms with Crippen molar-refractivity contribution in [2.45, 2.75) is 219 Å². The quantitative estimate of drug-likeness (QED) is 0.0262. The number of allylic oxidation sites excluding steroid dienone is 22. The molecule has 0 bridgehead atoms. The van der Waals surface area contributed by atoms with Gasteiger partial charge in [0.25, 0.3) is 0 Å². The van der Waals surface area contributed by atoms with Crippen LogP contribution in [0.5, 0.6) is 0 Å². The summed E-state index contributed by atoms with van der Waals surface area (Å²) in [5.74, 6) is -0.992. The Kier molecular flexibility index (Phi) is 50.6. The summed E-state index contributed by atoms with van der Waals surface area (Å²) in [6.45, 7) is 6.23. The van der Waals surface area contributed by atoms with E-state index in [1.165, 1.54) is 25.7 Å². The molecule has 0 aliphatic carbocycles. The summed E-state index contributed by atoms with van der Waals surface area (Å²) in [6.07, 6.45) is 75.8. The lowest BCUT2D eigenvalue weighted by atomic mass is 10.1. The molecule has 0 aliphatic rings. The van der Waals surface area contributed by atoms with Gasteiger partial charge in [0.2, 0.25) is 0 Å². The minimum atomic E-state index is -0.817. The Morgan fingerprint density at radius 3 is 0.851 bits per heavy atom. The van der Waals surface area contributed by atoms with Crippen molar-refractivity contribution in [2.75, 3.05) is 13.2 Å². The molecule has 67 heavy (non-hydrogen) atoms. The van der Waals surface area contributed by atoms with Gasteiger partial charge in [-0.05, 0) is 128 Å². The Bertz CT molecular complexity index is 1480. The number of carbonyl (C=O) groups excluding carboxylic acids is 3. The van der Waals surface area contributed by atoms with E-state index < -0.39 is 6.10 Å². The predicted molar refractivity (Wildman–Crippen MR) is 288 cm³/mol. The summed E-state index contributed by atoms with van der Waals surface area (Å²) in [5.41, 5.74) is 0. The van der Waals surface area contributed by atoms with E-state index in [-0.39, 0.29) is 37.5 Å². The van der Waals surface area contributed by atoms with E-state index >= 15 is 0 Å². The number of rotatable bonds is 46. The highest BCUT2D eigenvalue weighted by Crippen LogP contribution is 2.13. The van der Waals surface area contributed by atoms with Crippen LogP contribution < -0.4 is 0 Å². The molecule has 0 heterocycles. The van der Waals surface area contributed by atoms with Gasteiger partial charge in [0.1, 0.15) is 13.2 Å². The van der Waals surface area contributed by atoms with Crippen molar-refractivity contribution >= 4 is 17.9 Å². The lowest BCUT2D eigenvalue weighted by molar-refractivity contribution is -0.167. The lowest BCUT2D eigenvalue weighted by Gasteiger charge is -2.18. The third kappa shape index (κ3) is 52.4. The first-order valence-corrected chi connectivity index (χ1v) is 26.7. The molecule has 0 N–H and O–H groups in total. The highest BCUT2D eigenvalue weighted by Gasteiger charge is 2.19. The molecule has 0 aromatic heterocycles. The molecule has 1 unspecified atom stereocenters. The number of hydrogen-bond acceptors (Lipinski definition) is 6. The van der Waals surface area contributed by atoms with Gasteiger partial charge in [0.15, 0.2) is 6.10 Å². The Balaban J connectivity index is 4.54. The van der Waals surface area contributed by atoms with Crippen molar-refractivity contribution in [2.24, 2.45) is 0 Å². The third-order valence-electron chi connectivity index (χ3n) is 10.6. The third-order valence-corrected chi connectivity index (χ3v) is 10.6.